The average molecular weight is 309 g/mol. The van der Waals surface area contributed by atoms with Crippen LogP contribution in [-0.4, -0.2) is 4.57 Å². The third kappa shape index (κ3) is 2.65. The highest BCUT2D eigenvalue weighted by Crippen LogP contribution is 2.29. The average Bonchev–Trinajstić information content (AvgIpc) is 2.97. The molecule has 1 heteroatoms. The van der Waals surface area contributed by atoms with Crippen LogP contribution in [0.2, 0.25) is 0 Å². The third-order valence-electron chi connectivity index (χ3n) is 4.40. The van der Waals surface area contributed by atoms with Crippen LogP contribution in [0.5, 0.6) is 0 Å². The second-order valence-electron chi connectivity index (χ2n) is 6.00. The van der Waals surface area contributed by atoms with E-state index in [0.717, 1.165) is 0 Å². The van der Waals surface area contributed by atoms with Crippen molar-refractivity contribution in [3.8, 4) is 0 Å². The molecule has 1 nitrogen and oxygen atoms in total. The van der Waals surface area contributed by atoms with Gasteiger partial charge in [-0.25, -0.2) is 0 Å². The van der Waals surface area contributed by atoms with Crippen LogP contribution in [0.1, 0.15) is 16.7 Å². The Morgan fingerprint density at radius 3 is 1.88 bits per heavy atom. The van der Waals surface area contributed by atoms with Crippen LogP contribution in [0.4, 0.5) is 0 Å². The molecule has 0 atom stereocenters. The Bertz CT molecular complexity index is 951. The number of para-hydroxylation sites is 1. The molecule has 0 radical (unpaired) electrons. The molecular weight excluding hydrogens is 290 g/mol. The van der Waals surface area contributed by atoms with Crippen molar-refractivity contribution in [3.63, 3.8) is 0 Å². The fourth-order valence-electron chi connectivity index (χ4n) is 3.21. The van der Waals surface area contributed by atoms with Crippen LogP contribution < -0.4 is 0 Å². The minimum atomic E-state index is 1.23. The summed E-state index contributed by atoms with van der Waals surface area (Å²) in [4.78, 5) is 0. The zero-order valence-electron chi connectivity index (χ0n) is 13.7. The predicted molar refractivity (Wildman–Crippen MR) is 103 cm³/mol. The summed E-state index contributed by atoms with van der Waals surface area (Å²) in [5.41, 5.74) is 6.21. The summed E-state index contributed by atoms with van der Waals surface area (Å²) < 4.78 is 2.19. The molecule has 0 aliphatic rings. The Labute approximate surface area is 142 Å². The number of fused-ring (bicyclic) bond motifs is 1. The summed E-state index contributed by atoms with van der Waals surface area (Å²) in [6.07, 6.45) is 4.50. The maximum absolute atomic E-state index is 2.30. The smallest absolute Gasteiger partial charge is 0.0483 e. The molecule has 0 amide bonds. The molecule has 0 aliphatic carbocycles. The van der Waals surface area contributed by atoms with E-state index in [-0.39, 0.29) is 0 Å². The molecule has 0 aliphatic heterocycles. The predicted octanol–water partition coefficient (Wildman–Crippen LogP) is 5.77. The largest absolute Gasteiger partial charge is 0.350 e. The Hall–Kier alpha value is -3.06. The maximum Gasteiger partial charge on any atom is 0.0483 e. The molecule has 4 aromatic rings. The van der Waals surface area contributed by atoms with Crippen molar-refractivity contribution in [1.82, 2.24) is 4.57 Å². The maximum atomic E-state index is 2.30. The van der Waals surface area contributed by atoms with Gasteiger partial charge in [-0.05, 0) is 28.8 Å². The van der Waals surface area contributed by atoms with Gasteiger partial charge in [0.15, 0.2) is 0 Å². The Balaban J connectivity index is 1.94. The number of aromatic nitrogens is 1. The Morgan fingerprint density at radius 1 is 0.708 bits per heavy atom. The molecular formula is C23H19N. The molecule has 0 unspecified atom stereocenters. The summed E-state index contributed by atoms with van der Waals surface area (Å²) in [5, 5.41) is 1.28. The summed E-state index contributed by atoms with van der Waals surface area (Å²) in [5.74, 6) is 0. The van der Waals surface area contributed by atoms with Crippen LogP contribution >= 0.6 is 0 Å². The summed E-state index contributed by atoms with van der Waals surface area (Å²) in [7, 11) is 2.10. The van der Waals surface area contributed by atoms with Crippen LogP contribution in [0.25, 0.3) is 22.6 Å². The molecule has 0 N–H and O–H groups in total. The van der Waals surface area contributed by atoms with Gasteiger partial charge in [-0.1, -0.05) is 78.9 Å². The lowest BCUT2D eigenvalue weighted by atomic mass is 9.96. The van der Waals surface area contributed by atoms with Gasteiger partial charge >= 0.3 is 0 Å². The fourth-order valence-corrected chi connectivity index (χ4v) is 3.21. The van der Waals surface area contributed by atoms with E-state index in [1.807, 2.05) is 0 Å². The third-order valence-corrected chi connectivity index (χ3v) is 4.40. The second-order valence-corrected chi connectivity index (χ2v) is 6.00. The normalized spacial score (nSPS) is 10.7. The number of rotatable bonds is 3. The molecule has 0 bridgehead atoms. The quantitative estimate of drug-likeness (QED) is 0.453. The van der Waals surface area contributed by atoms with Gasteiger partial charge < -0.3 is 4.57 Å². The van der Waals surface area contributed by atoms with Gasteiger partial charge in [-0.2, -0.15) is 0 Å². The van der Waals surface area contributed by atoms with E-state index < -0.39 is 0 Å². The van der Waals surface area contributed by atoms with Crippen LogP contribution in [-0.2, 0) is 7.05 Å². The van der Waals surface area contributed by atoms with Gasteiger partial charge in [0.25, 0.3) is 0 Å². The van der Waals surface area contributed by atoms with Crippen molar-refractivity contribution in [2.75, 3.05) is 0 Å². The molecule has 1 heterocycles. The highest BCUT2D eigenvalue weighted by atomic mass is 14.9. The van der Waals surface area contributed by atoms with E-state index in [1.165, 1.54) is 33.2 Å². The number of hydrogen-bond acceptors (Lipinski definition) is 0. The van der Waals surface area contributed by atoms with Crippen molar-refractivity contribution >= 4 is 22.6 Å². The standard InChI is InChI=1S/C23H19N/c1-24-17-20(21-14-8-9-15-23(21)24)16-22(18-10-4-2-5-11-18)19-12-6-3-7-13-19/h2-17H,1H3. The first-order valence-corrected chi connectivity index (χ1v) is 8.19. The zero-order valence-corrected chi connectivity index (χ0v) is 13.7. The van der Waals surface area contributed by atoms with Crippen LogP contribution in [0.3, 0.4) is 0 Å². The van der Waals surface area contributed by atoms with E-state index in [1.54, 1.807) is 0 Å². The molecule has 3 aromatic carbocycles. The van der Waals surface area contributed by atoms with Crippen LogP contribution in [0.15, 0.2) is 91.1 Å². The number of benzene rings is 3. The van der Waals surface area contributed by atoms with E-state index in [9.17, 15) is 0 Å². The molecule has 1 aromatic heterocycles. The molecule has 4 rings (SSSR count). The monoisotopic (exact) mass is 309 g/mol. The molecule has 0 saturated heterocycles. The Morgan fingerprint density at radius 2 is 1.25 bits per heavy atom. The lowest BCUT2D eigenvalue weighted by molar-refractivity contribution is 0.968. The van der Waals surface area contributed by atoms with Crippen molar-refractivity contribution in [1.29, 1.82) is 0 Å². The first-order chi connectivity index (χ1) is 11.8. The fraction of sp³-hybridized carbons (Fsp3) is 0.0435. The number of aryl methyl sites for hydroxylation is 1. The van der Waals surface area contributed by atoms with Crippen molar-refractivity contribution in [3.05, 3.63) is 108 Å². The minimum absolute atomic E-state index is 1.23. The SMILES string of the molecule is Cn1cc(C=C(c2ccccc2)c2ccccc2)c2ccccc21. The van der Waals surface area contributed by atoms with E-state index >= 15 is 0 Å². The lowest BCUT2D eigenvalue weighted by Gasteiger charge is -2.08. The van der Waals surface area contributed by atoms with E-state index in [2.05, 4.69) is 109 Å². The topological polar surface area (TPSA) is 4.93 Å². The highest BCUT2D eigenvalue weighted by Gasteiger charge is 2.08. The molecule has 24 heavy (non-hydrogen) atoms. The van der Waals surface area contributed by atoms with E-state index in [4.69, 9.17) is 0 Å². The second kappa shape index (κ2) is 6.21. The van der Waals surface area contributed by atoms with Crippen molar-refractivity contribution in [2.45, 2.75) is 0 Å². The number of hydrogen-bond donors (Lipinski definition) is 0. The van der Waals surface area contributed by atoms with Gasteiger partial charge in [-0.3, -0.25) is 0 Å². The summed E-state index contributed by atoms with van der Waals surface area (Å²) >= 11 is 0. The molecule has 0 saturated carbocycles. The van der Waals surface area contributed by atoms with Gasteiger partial charge in [0, 0.05) is 29.7 Å². The highest BCUT2D eigenvalue weighted by molar-refractivity contribution is 5.98. The van der Waals surface area contributed by atoms with E-state index in [0.29, 0.717) is 0 Å². The number of nitrogens with zero attached hydrogens (tertiary/aromatic N) is 1. The zero-order chi connectivity index (χ0) is 16.4. The first kappa shape index (κ1) is 14.5. The van der Waals surface area contributed by atoms with Gasteiger partial charge in [0.1, 0.15) is 0 Å². The molecule has 0 spiro atoms. The summed E-state index contributed by atoms with van der Waals surface area (Å²) in [6.45, 7) is 0. The Kier molecular flexibility index (Phi) is 3.76. The van der Waals surface area contributed by atoms with Gasteiger partial charge in [0.05, 0.1) is 0 Å². The minimum Gasteiger partial charge on any atom is -0.350 e. The van der Waals surface area contributed by atoms with Crippen LogP contribution in [0, 0.1) is 0 Å². The molecule has 0 fully saturated rings. The first-order valence-electron chi connectivity index (χ1n) is 8.19. The lowest BCUT2D eigenvalue weighted by Crippen LogP contribution is -1.87. The summed E-state index contributed by atoms with van der Waals surface area (Å²) in [6, 6.07) is 29.7. The van der Waals surface area contributed by atoms with Gasteiger partial charge in [0.2, 0.25) is 0 Å². The van der Waals surface area contributed by atoms with Crippen molar-refractivity contribution < 1.29 is 0 Å². The molecule has 116 valence electrons. The van der Waals surface area contributed by atoms with Gasteiger partial charge in [-0.15, -0.1) is 0 Å². The van der Waals surface area contributed by atoms with Crippen molar-refractivity contribution in [2.24, 2.45) is 7.05 Å².